The summed E-state index contributed by atoms with van der Waals surface area (Å²) in [7, 11) is 0. The van der Waals surface area contributed by atoms with Crippen molar-refractivity contribution in [2.24, 2.45) is 0 Å². The Bertz CT molecular complexity index is 867. The van der Waals surface area contributed by atoms with Crippen LogP contribution in [0.2, 0.25) is 0 Å². The number of pyridine rings is 1. The predicted molar refractivity (Wildman–Crippen MR) is 94.8 cm³/mol. The average Bonchev–Trinajstić information content (AvgIpc) is 2.93. The average molecular weight is 305 g/mol. The van der Waals surface area contributed by atoms with Crippen molar-refractivity contribution in [2.45, 2.75) is 51.9 Å². The van der Waals surface area contributed by atoms with E-state index >= 15 is 0 Å². The van der Waals surface area contributed by atoms with Crippen LogP contribution >= 0.6 is 0 Å². The molecule has 0 saturated heterocycles. The second-order valence-electron chi connectivity index (χ2n) is 7.57. The van der Waals surface area contributed by atoms with Gasteiger partial charge in [-0.25, -0.2) is 0 Å². The van der Waals surface area contributed by atoms with Gasteiger partial charge in [0.2, 0.25) is 0 Å². The summed E-state index contributed by atoms with van der Waals surface area (Å²) in [5.74, 6) is 1.19. The van der Waals surface area contributed by atoms with Crippen LogP contribution in [0.25, 0.3) is 22.2 Å². The lowest BCUT2D eigenvalue weighted by molar-refractivity contribution is 0.506. The fourth-order valence-corrected chi connectivity index (χ4v) is 3.53. The Kier molecular flexibility index (Phi) is 3.29. The van der Waals surface area contributed by atoms with Crippen molar-refractivity contribution in [3.8, 4) is 11.3 Å². The summed E-state index contributed by atoms with van der Waals surface area (Å²) in [4.78, 5) is 4.62. The van der Waals surface area contributed by atoms with E-state index in [1.165, 1.54) is 35.1 Å². The molecular weight excluding hydrogens is 282 g/mol. The van der Waals surface area contributed by atoms with Crippen LogP contribution in [0.15, 0.2) is 40.9 Å². The smallest absolute Gasteiger partial charge is 0.143 e. The van der Waals surface area contributed by atoms with Gasteiger partial charge in [-0.05, 0) is 48.4 Å². The van der Waals surface area contributed by atoms with Gasteiger partial charge in [-0.15, -0.1) is 0 Å². The molecule has 0 atom stereocenters. The maximum atomic E-state index is 6.26. The standard InChI is InChI=1S/C21H23NO/c1-21(2,3)14-11-12-22-18(13-14)17-9-6-8-16-15-7-4-5-10-19(15)23-20(16)17/h6,8-9,11-13H,4-5,7,10H2,1-3H3. The van der Waals surface area contributed by atoms with E-state index in [0.717, 1.165) is 29.7 Å². The van der Waals surface area contributed by atoms with Crippen LogP contribution in [-0.4, -0.2) is 4.98 Å². The first-order valence-electron chi connectivity index (χ1n) is 8.54. The van der Waals surface area contributed by atoms with Crippen molar-refractivity contribution in [3.05, 3.63) is 53.4 Å². The van der Waals surface area contributed by atoms with Gasteiger partial charge in [-0.3, -0.25) is 4.98 Å². The molecular formula is C21H23NO. The number of aromatic nitrogens is 1. The number of benzene rings is 1. The number of aryl methyl sites for hydroxylation is 2. The lowest BCUT2D eigenvalue weighted by atomic mass is 9.87. The summed E-state index contributed by atoms with van der Waals surface area (Å²) >= 11 is 0. The number of fused-ring (bicyclic) bond motifs is 3. The molecule has 1 aliphatic carbocycles. The van der Waals surface area contributed by atoms with Gasteiger partial charge in [0.15, 0.2) is 0 Å². The highest BCUT2D eigenvalue weighted by Crippen LogP contribution is 2.37. The number of hydrogen-bond acceptors (Lipinski definition) is 2. The maximum Gasteiger partial charge on any atom is 0.143 e. The van der Waals surface area contributed by atoms with Crippen molar-refractivity contribution in [3.63, 3.8) is 0 Å². The van der Waals surface area contributed by atoms with E-state index in [1.54, 1.807) is 0 Å². The van der Waals surface area contributed by atoms with Crippen molar-refractivity contribution >= 4 is 11.0 Å². The first-order chi connectivity index (χ1) is 11.0. The zero-order chi connectivity index (χ0) is 16.0. The van der Waals surface area contributed by atoms with E-state index in [4.69, 9.17) is 4.42 Å². The van der Waals surface area contributed by atoms with Crippen molar-refractivity contribution < 1.29 is 4.42 Å². The first-order valence-corrected chi connectivity index (χ1v) is 8.54. The molecule has 0 spiro atoms. The van der Waals surface area contributed by atoms with Crippen LogP contribution in [0.3, 0.4) is 0 Å². The summed E-state index contributed by atoms with van der Waals surface area (Å²) in [5.41, 5.74) is 5.97. The fraction of sp³-hybridized carbons (Fsp3) is 0.381. The van der Waals surface area contributed by atoms with Gasteiger partial charge in [0.05, 0.1) is 5.69 Å². The van der Waals surface area contributed by atoms with Crippen LogP contribution in [0, 0.1) is 0 Å². The Morgan fingerprint density at radius 1 is 1.04 bits per heavy atom. The molecule has 2 nitrogen and oxygen atoms in total. The summed E-state index contributed by atoms with van der Waals surface area (Å²) in [5, 5.41) is 1.28. The highest BCUT2D eigenvalue weighted by atomic mass is 16.3. The van der Waals surface area contributed by atoms with Crippen molar-refractivity contribution in [1.29, 1.82) is 0 Å². The van der Waals surface area contributed by atoms with Gasteiger partial charge >= 0.3 is 0 Å². The third-order valence-electron chi connectivity index (χ3n) is 4.88. The monoisotopic (exact) mass is 305 g/mol. The molecule has 0 radical (unpaired) electrons. The lowest BCUT2D eigenvalue weighted by Crippen LogP contribution is -2.11. The molecule has 4 rings (SSSR count). The fourth-order valence-electron chi connectivity index (χ4n) is 3.53. The van der Waals surface area contributed by atoms with E-state index in [2.05, 4.69) is 56.1 Å². The Labute approximate surface area is 137 Å². The molecule has 2 aromatic heterocycles. The summed E-state index contributed by atoms with van der Waals surface area (Å²) in [6, 6.07) is 10.8. The van der Waals surface area contributed by atoms with Gasteiger partial charge in [-0.1, -0.05) is 32.9 Å². The van der Waals surface area contributed by atoms with Crippen LogP contribution in [0.1, 0.15) is 50.5 Å². The molecule has 2 heteroatoms. The second kappa shape index (κ2) is 5.23. The summed E-state index contributed by atoms with van der Waals surface area (Å²) in [6.45, 7) is 6.70. The minimum absolute atomic E-state index is 0.119. The van der Waals surface area contributed by atoms with Crippen LogP contribution in [-0.2, 0) is 18.3 Å². The van der Waals surface area contributed by atoms with Crippen LogP contribution < -0.4 is 0 Å². The van der Waals surface area contributed by atoms with E-state index < -0.39 is 0 Å². The molecule has 0 fully saturated rings. The molecule has 1 aromatic carbocycles. The van der Waals surface area contributed by atoms with Gasteiger partial charge in [0, 0.05) is 29.1 Å². The maximum absolute atomic E-state index is 6.26. The second-order valence-corrected chi connectivity index (χ2v) is 7.57. The van der Waals surface area contributed by atoms with E-state index in [9.17, 15) is 0 Å². The molecule has 0 bridgehead atoms. The van der Waals surface area contributed by atoms with Gasteiger partial charge < -0.3 is 4.42 Å². The first kappa shape index (κ1) is 14.5. The zero-order valence-electron chi connectivity index (χ0n) is 14.1. The highest BCUT2D eigenvalue weighted by Gasteiger charge is 2.21. The quantitative estimate of drug-likeness (QED) is 0.579. The molecule has 3 aromatic rings. The molecule has 23 heavy (non-hydrogen) atoms. The Balaban J connectivity index is 1.91. The molecule has 118 valence electrons. The van der Waals surface area contributed by atoms with Gasteiger partial charge in [0.1, 0.15) is 11.3 Å². The van der Waals surface area contributed by atoms with E-state index in [0.29, 0.717) is 0 Å². The van der Waals surface area contributed by atoms with E-state index in [1.807, 2.05) is 6.20 Å². The summed E-state index contributed by atoms with van der Waals surface area (Å²) in [6.07, 6.45) is 6.63. The van der Waals surface area contributed by atoms with Crippen LogP contribution in [0.5, 0.6) is 0 Å². The van der Waals surface area contributed by atoms with E-state index in [-0.39, 0.29) is 5.41 Å². The minimum atomic E-state index is 0.119. The largest absolute Gasteiger partial charge is 0.460 e. The number of para-hydroxylation sites is 1. The van der Waals surface area contributed by atoms with Crippen molar-refractivity contribution in [2.75, 3.05) is 0 Å². The minimum Gasteiger partial charge on any atom is -0.460 e. The Morgan fingerprint density at radius 2 is 1.87 bits per heavy atom. The summed E-state index contributed by atoms with van der Waals surface area (Å²) < 4.78 is 6.26. The predicted octanol–water partition coefficient (Wildman–Crippen LogP) is 5.67. The molecule has 0 saturated carbocycles. The molecule has 0 N–H and O–H groups in total. The molecule has 1 aliphatic rings. The van der Waals surface area contributed by atoms with Crippen LogP contribution in [0.4, 0.5) is 0 Å². The zero-order valence-corrected chi connectivity index (χ0v) is 14.1. The number of nitrogens with zero attached hydrogens (tertiary/aromatic N) is 1. The highest BCUT2D eigenvalue weighted by molar-refractivity contribution is 5.94. The van der Waals surface area contributed by atoms with Gasteiger partial charge in [-0.2, -0.15) is 0 Å². The number of rotatable bonds is 1. The lowest BCUT2D eigenvalue weighted by Gasteiger charge is -2.19. The molecule has 0 amide bonds. The SMILES string of the molecule is CC(C)(C)c1ccnc(-c2cccc3c4c(oc23)CCCC4)c1. The topological polar surface area (TPSA) is 26.0 Å². The number of furan rings is 1. The number of hydrogen-bond donors (Lipinski definition) is 0. The Hall–Kier alpha value is -2.09. The molecule has 0 unspecified atom stereocenters. The van der Waals surface area contributed by atoms with Crippen molar-refractivity contribution in [1.82, 2.24) is 4.98 Å². The normalized spacial score (nSPS) is 14.9. The third-order valence-corrected chi connectivity index (χ3v) is 4.88. The molecule has 2 heterocycles. The van der Waals surface area contributed by atoms with Gasteiger partial charge in [0.25, 0.3) is 0 Å². The molecule has 0 aliphatic heterocycles. The Morgan fingerprint density at radius 3 is 2.70 bits per heavy atom. The third kappa shape index (κ3) is 2.46.